The quantitative estimate of drug-likeness (QED) is 0.607. The molecular formula is C15H30O. The molecule has 0 aromatic carbocycles. The van der Waals surface area contributed by atoms with Crippen LogP contribution in [0.5, 0.6) is 0 Å². The largest absolute Gasteiger partial charge is 0.299 e. The van der Waals surface area contributed by atoms with Crippen molar-refractivity contribution in [2.75, 3.05) is 0 Å². The molecular weight excluding hydrogens is 196 g/mol. The molecule has 0 aromatic rings. The van der Waals surface area contributed by atoms with E-state index in [2.05, 4.69) is 41.5 Å². The number of unbranched alkanes of at least 4 members (excludes halogenated alkanes) is 1. The summed E-state index contributed by atoms with van der Waals surface area (Å²) < 4.78 is 0. The van der Waals surface area contributed by atoms with E-state index in [1.165, 1.54) is 12.8 Å². The van der Waals surface area contributed by atoms with Crippen LogP contribution in [0.3, 0.4) is 0 Å². The molecule has 0 radical (unpaired) electrons. The van der Waals surface area contributed by atoms with Crippen molar-refractivity contribution in [1.29, 1.82) is 0 Å². The van der Waals surface area contributed by atoms with Crippen molar-refractivity contribution in [3.8, 4) is 0 Å². The van der Waals surface area contributed by atoms with E-state index in [0.29, 0.717) is 17.6 Å². The first-order chi connectivity index (χ1) is 7.26. The molecule has 0 spiro atoms. The maximum atomic E-state index is 12.1. The van der Waals surface area contributed by atoms with Crippen LogP contribution < -0.4 is 0 Å². The van der Waals surface area contributed by atoms with E-state index < -0.39 is 0 Å². The Morgan fingerprint density at radius 1 is 1.19 bits per heavy atom. The van der Waals surface area contributed by atoms with Gasteiger partial charge in [0.2, 0.25) is 0 Å². The molecule has 0 saturated heterocycles. The molecule has 0 amide bonds. The summed E-state index contributed by atoms with van der Waals surface area (Å²) in [6.07, 6.45) is 5.25. The van der Waals surface area contributed by atoms with Crippen LogP contribution >= 0.6 is 0 Å². The van der Waals surface area contributed by atoms with E-state index in [4.69, 9.17) is 0 Å². The van der Waals surface area contributed by atoms with Crippen LogP contribution in [0.15, 0.2) is 0 Å². The van der Waals surface area contributed by atoms with Crippen molar-refractivity contribution in [1.82, 2.24) is 0 Å². The molecule has 96 valence electrons. The second kappa shape index (κ2) is 7.09. The molecule has 0 rings (SSSR count). The third kappa shape index (κ3) is 7.90. The topological polar surface area (TPSA) is 17.1 Å². The van der Waals surface area contributed by atoms with Crippen LogP contribution in [0.25, 0.3) is 0 Å². The lowest BCUT2D eigenvalue weighted by Crippen LogP contribution is -2.22. The zero-order valence-electron chi connectivity index (χ0n) is 12.1. The van der Waals surface area contributed by atoms with Crippen molar-refractivity contribution < 1.29 is 4.79 Å². The number of carbonyl (C=O) groups is 1. The van der Waals surface area contributed by atoms with Crippen LogP contribution in [0.2, 0.25) is 0 Å². The van der Waals surface area contributed by atoms with Gasteiger partial charge in [-0.3, -0.25) is 4.79 Å². The second-order valence-corrected chi connectivity index (χ2v) is 6.67. The van der Waals surface area contributed by atoms with E-state index in [-0.39, 0.29) is 5.41 Å². The third-order valence-corrected chi connectivity index (χ3v) is 2.83. The SMILES string of the molecule is CCCCC(CC(C)(C)C)C(=O)CC(C)C. The van der Waals surface area contributed by atoms with Crippen LogP contribution in [0.1, 0.15) is 73.6 Å². The lowest BCUT2D eigenvalue weighted by Gasteiger charge is -2.25. The summed E-state index contributed by atoms with van der Waals surface area (Å²) in [5.74, 6) is 1.28. The fourth-order valence-electron chi connectivity index (χ4n) is 2.14. The molecule has 16 heavy (non-hydrogen) atoms. The molecule has 0 saturated carbocycles. The van der Waals surface area contributed by atoms with Gasteiger partial charge in [0, 0.05) is 12.3 Å². The zero-order valence-corrected chi connectivity index (χ0v) is 12.1. The highest BCUT2D eigenvalue weighted by Gasteiger charge is 2.24. The Morgan fingerprint density at radius 3 is 2.12 bits per heavy atom. The first kappa shape index (κ1) is 15.7. The monoisotopic (exact) mass is 226 g/mol. The number of Topliss-reactive ketones (excluding diaryl/α,β-unsaturated/α-hetero) is 1. The molecule has 0 N–H and O–H groups in total. The van der Waals surface area contributed by atoms with Crippen molar-refractivity contribution >= 4 is 5.78 Å². The molecule has 1 unspecified atom stereocenters. The minimum atomic E-state index is 0.269. The van der Waals surface area contributed by atoms with E-state index >= 15 is 0 Å². The number of hydrogen-bond acceptors (Lipinski definition) is 1. The van der Waals surface area contributed by atoms with E-state index in [9.17, 15) is 4.79 Å². The maximum absolute atomic E-state index is 12.1. The standard InChI is InChI=1S/C15H30O/c1-7-8-9-13(11-15(4,5)6)14(16)10-12(2)3/h12-13H,7-11H2,1-6H3. The summed E-state index contributed by atoms with van der Waals surface area (Å²) in [4.78, 5) is 12.1. The van der Waals surface area contributed by atoms with Gasteiger partial charge in [0.15, 0.2) is 0 Å². The highest BCUT2D eigenvalue weighted by atomic mass is 16.1. The molecule has 0 fully saturated rings. The van der Waals surface area contributed by atoms with Crippen LogP contribution in [-0.2, 0) is 4.79 Å². The fraction of sp³-hybridized carbons (Fsp3) is 0.933. The van der Waals surface area contributed by atoms with Gasteiger partial charge in [-0.25, -0.2) is 0 Å². The number of rotatable bonds is 7. The average molecular weight is 226 g/mol. The van der Waals surface area contributed by atoms with Crippen molar-refractivity contribution in [3.63, 3.8) is 0 Å². The highest BCUT2D eigenvalue weighted by molar-refractivity contribution is 5.81. The fourth-order valence-corrected chi connectivity index (χ4v) is 2.14. The summed E-state index contributed by atoms with van der Waals surface area (Å²) in [5, 5.41) is 0. The summed E-state index contributed by atoms with van der Waals surface area (Å²) in [7, 11) is 0. The first-order valence-electron chi connectivity index (χ1n) is 6.79. The smallest absolute Gasteiger partial charge is 0.136 e. The molecule has 0 aliphatic carbocycles. The van der Waals surface area contributed by atoms with E-state index in [1.807, 2.05) is 0 Å². The van der Waals surface area contributed by atoms with Gasteiger partial charge in [-0.2, -0.15) is 0 Å². The van der Waals surface area contributed by atoms with Gasteiger partial charge in [0.05, 0.1) is 0 Å². The normalized spacial score (nSPS) is 14.2. The van der Waals surface area contributed by atoms with Gasteiger partial charge in [0.1, 0.15) is 5.78 Å². The summed E-state index contributed by atoms with van der Waals surface area (Å²) >= 11 is 0. The minimum absolute atomic E-state index is 0.269. The van der Waals surface area contributed by atoms with Crippen LogP contribution in [0, 0.1) is 17.3 Å². The van der Waals surface area contributed by atoms with Gasteiger partial charge in [-0.1, -0.05) is 54.4 Å². The summed E-state index contributed by atoms with van der Waals surface area (Å²) in [6.45, 7) is 13.1. The van der Waals surface area contributed by atoms with Crippen LogP contribution in [0.4, 0.5) is 0 Å². The zero-order chi connectivity index (χ0) is 12.8. The van der Waals surface area contributed by atoms with Gasteiger partial charge in [-0.05, 0) is 24.2 Å². The maximum Gasteiger partial charge on any atom is 0.136 e. The Morgan fingerprint density at radius 2 is 1.75 bits per heavy atom. The lowest BCUT2D eigenvalue weighted by molar-refractivity contribution is -0.124. The minimum Gasteiger partial charge on any atom is -0.299 e. The molecule has 0 heterocycles. The summed E-state index contributed by atoms with van der Waals surface area (Å²) in [5.41, 5.74) is 0.269. The third-order valence-electron chi connectivity index (χ3n) is 2.83. The Kier molecular flexibility index (Phi) is 6.94. The predicted molar refractivity (Wildman–Crippen MR) is 71.5 cm³/mol. The predicted octanol–water partition coefficient (Wildman–Crippen LogP) is 4.84. The lowest BCUT2D eigenvalue weighted by atomic mass is 9.79. The molecule has 1 atom stereocenters. The van der Waals surface area contributed by atoms with Crippen LogP contribution in [-0.4, -0.2) is 5.78 Å². The molecule has 0 bridgehead atoms. The Labute approximate surface area is 102 Å². The Balaban J connectivity index is 4.35. The number of hydrogen-bond donors (Lipinski definition) is 0. The Bertz CT molecular complexity index is 198. The van der Waals surface area contributed by atoms with Crippen molar-refractivity contribution in [2.24, 2.45) is 17.3 Å². The van der Waals surface area contributed by atoms with Crippen molar-refractivity contribution in [3.05, 3.63) is 0 Å². The molecule has 1 nitrogen and oxygen atoms in total. The molecule has 0 aromatic heterocycles. The second-order valence-electron chi connectivity index (χ2n) is 6.67. The van der Waals surface area contributed by atoms with Gasteiger partial charge < -0.3 is 0 Å². The van der Waals surface area contributed by atoms with E-state index in [0.717, 1.165) is 19.3 Å². The van der Waals surface area contributed by atoms with Gasteiger partial charge >= 0.3 is 0 Å². The summed E-state index contributed by atoms with van der Waals surface area (Å²) in [6, 6.07) is 0. The highest BCUT2D eigenvalue weighted by Crippen LogP contribution is 2.29. The molecule has 0 aliphatic rings. The first-order valence-corrected chi connectivity index (χ1v) is 6.79. The van der Waals surface area contributed by atoms with E-state index in [1.54, 1.807) is 0 Å². The van der Waals surface area contributed by atoms with Gasteiger partial charge in [-0.15, -0.1) is 0 Å². The number of ketones is 1. The van der Waals surface area contributed by atoms with Gasteiger partial charge in [0.25, 0.3) is 0 Å². The molecule has 0 aliphatic heterocycles. The number of carbonyl (C=O) groups excluding carboxylic acids is 1. The van der Waals surface area contributed by atoms with Crippen molar-refractivity contribution in [2.45, 2.75) is 73.6 Å². The average Bonchev–Trinajstić information content (AvgIpc) is 2.09. The Hall–Kier alpha value is -0.330. The molecule has 1 heteroatoms.